The fourth-order valence-electron chi connectivity index (χ4n) is 1.43. The molecule has 0 radical (unpaired) electrons. The minimum Gasteiger partial charge on any atom is -0.338 e. The highest BCUT2D eigenvalue weighted by Gasteiger charge is 2.21. The first-order valence-electron chi connectivity index (χ1n) is 5.07. The molecule has 0 aromatic carbocycles. The Bertz CT molecular complexity index is 300. The summed E-state index contributed by atoms with van der Waals surface area (Å²) in [5, 5.41) is 0. The van der Waals surface area contributed by atoms with Crippen molar-refractivity contribution in [3.63, 3.8) is 0 Å². The Morgan fingerprint density at radius 1 is 1.40 bits per heavy atom. The lowest BCUT2D eigenvalue weighted by Crippen LogP contribution is -2.45. The van der Waals surface area contributed by atoms with Crippen molar-refractivity contribution in [2.75, 3.05) is 24.6 Å². The van der Waals surface area contributed by atoms with E-state index in [4.69, 9.17) is 5.73 Å². The maximum atomic E-state index is 11.4. The van der Waals surface area contributed by atoms with E-state index in [0.29, 0.717) is 6.54 Å². The molecule has 0 heterocycles. The molecule has 0 aromatic rings. The molecule has 0 saturated carbocycles. The second kappa shape index (κ2) is 6.07. The molecule has 1 atom stereocenters. The highest BCUT2D eigenvalue weighted by Crippen LogP contribution is 2.03. The molecular weight excluding hydrogens is 216 g/mol. The van der Waals surface area contributed by atoms with Crippen LogP contribution >= 0.6 is 0 Å². The number of nitrogens with zero attached hydrogens (tertiary/aromatic N) is 1. The molecule has 1 amide bonds. The molecule has 0 aliphatic carbocycles. The number of hydrogen-bond acceptors (Lipinski definition) is 4. The summed E-state index contributed by atoms with van der Waals surface area (Å²) in [5.74, 6) is -0.106. The minimum atomic E-state index is -3.05. The Morgan fingerprint density at radius 3 is 2.27 bits per heavy atom. The number of hydrogen-bond donors (Lipinski definition) is 1. The largest absolute Gasteiger partial charge is 0.338 e. The van der Waals surface area contributed by atoms with E-state index in [-0.39, 0.29) is 30.0 Å². The van der Waals surface area contributed by atoms with Crippen LogP contribution in [-0.4, -0.2) is 49.9 Å². The predicted octanol–water partition coefficient (Wildman–Crippen LogP) is -0.383. The molecule has 5 nitrogen and oxygen atoms in total. The number of rotatable bonds is 6. The first kappa shape index (κ1) is 14.4. The van der Waals surface area contributed by atoms with Crippen molar-refractivity contribution in [3.8, 4) is 0 Å². The number of nitrogens with two attached hydrogens (primary N) is 1. The van der Waals surface area contributed by atoms with Gasteiger partial charge in [0.25, 0.3) is 0 Å². The molecule has 0 aliphatic rings. The predicted molar refractivity (Wildman–Crippen MR) is 60.2 cm³/mol. The van der Waals surface area contributed by atoms with Crippen LogP contribution in [0.5, 0.6) is 0 Å². The Balaban J connectivity index is 4.54. The van der Waals surface area contributed by atoms with Crippen molar-refractivity contribution in [1.82, 2.24) is 4.90 Å². The summed E-state index contributed by atoms with van der Waals surface area (Å²) >= 11 is 0. The van der Waals surface area contributed by atoms with Crippen LogP contribution in [0.2, 0.25) is 0 Å². The molecular formula is C9H20N2O3S. The van der Waals surface area contributed by atoms with Crippen LogP contribution in [0, 0.1) is 0 Å². The first-order chi connectivity index (χ1) is 6.87. The summed E-state index contributed by atoms with van der Waals surface area (Å²) in [6.07, 6.45) is 0. The molecule has 90 valence electrons. The standard InChI is InChI=1S/C9H20N2O3S/c1-4-11(9(12)6-10)8(3)7-15(13,14)5-2/h8H,4-7,10H2,1-3H3. The molecule has 0 aliphatic heterocycles. The van der Waals surface area contributed by atoms with Gasteiger partial charge in [0.2, 0.25) is 5.91 Å². The van der Waals surface area contributed by atoms with Gasteiger partial charge in [0.05, 0.1) is 12.3 Å². The van der Waals surface area contributed by atoms with E-state index in [1.165, 1.54) is 4.90 Å². The number of likely N-dealkylation sites (N-methyl/N-ethyl adjacent to an activating group) is 1. The van der Waals surface area contributed by atoms with Gasteiger partial charge < -0.3 is 10.6 Å². The van der Waals surface area contributed by atoms with Crippen LogP contribution < -0.4 is 5.73 Å². The van der Waals surface area contributed by atoms with Crippen molar-refractivity contribution in [2.24, 2.45) is 5.73 Å². The van der Waals surface area contributed by atoms with Crippen molar-refractivity contribution >= 4 is 15.7 Å². The van der Waals surface area contributed by atoms with Crippen molar-refractivity contribution < 1.29 is 13.2 Å². The van der Waals surface area contributed by atoms with Crippen LogP contribution in [-0.2, 0) is 14.6 Å². The third-order valence-corrected chi connectivity index (χ3v) is 4.17. The molecule has 0 spiro atoms. The Labute approximate surface area is 91.5 Å². The Hall–Kier alpha value is -0.620. The second-order valence-electron chi connectivity index (χ2n) is 3.43. The van der Waals surface area contributed by atoms with Crippen molar-refractivity contribution in [3.05, 3.63) is 0 Å². The molecule has 6 heteroatoms. The van der Waals surface area contributed by atoms with Gasteiger partial charge in [0.15, 0.2) is 9.84 Å². The third-order valence-electron chi connectivity index (χ3n) is 2.30. The number of amides is 1. The van der Waals surface area contributed by atoms with E-state index in [9.17, 15) is 13.2 Å². The van der Waals surface area contributed by atoms with Crippen LogP contribution in [0.3, 0.4) is 0 Å². The molecule has 15 heavy (non-hydrogen) atoms. The number of carbonyl (C=O) groups is 1. The van der Waals surface area contributed by atoms with Gasteiger partial charge in [-0.15, -0.1) is 0 Å². The summed E-state index contributed by atoms with van der Waals surface area (Å²) in [5.41, 5.74) is 5.24. The summed E-state index contributed by atoms with van der Waals surface area (Å²) in [6.45, 7) is 5.54. The van der Waals surface area contributed by atoms with Gasteiger partial charge in [0.1, 0.15) is 0 Å². The molecule has 0 rings (SSSR count). The van der Waals surface area contributed by atoms with Gasteiger partial charge in [-0.2, -0.15) is 0 Å². The molecule has 0 fully saturated rings. The first-order valence-corrected chi connectivity index (χ1v) is 6.90. The van der Waals surface area contributed by atoms with Gasteiger partial charge in [0, 0.05) is 18.3 Å². The van der Waals surface area contributed by atoms with Gasteiger partial charge in [-0.1, -0.05) is 6.92 Å². The average Bonchev–Trinajstić information content (AvgIpc) is 2.17. The maximum Gasteiger partial charge on any atom is 0.236 e. The van der Waals surface area contributed by atoms with Crippen molar-refractivity contribution in [1.29, 1.82) is 0 Å². The zero-order valence-corrected chi connectivity index (χ0v) is 10.4. The van der Waals surface area contributed by atoms with Crippen LogP contribution in [0.4, 0.5) is 0 Å². The Kier molecular flexibility index (Phi) is 5.82. The lowest BCUT2D eigenvalue weighted by molar-refractivity contribution is -0.130. The maximum absolute atomic E-state index is 11.4. The average molecular weight is 236 g/mol. The normalized spacial score (nSPS) is 13.6. The van der Waals surface area contributed by atoms with Crippen LogP contribution in [0.25, 0.3) is 0 Å². The van der Waals surface area contributed by atoms with Crippen LogP contribution in [0.15, 0.2) is 0 Å². The van der Waals surface area contributed by atoms with Crippen molar-refractivity contribution in [2.45, 2.75) is 26.8 Å². The quantitative estimate of drug-likeness (QED) is 0.681. The van der Waals surface area contributed by atoms with E-state index in [2.05, 4.69) is 0 Å². The highest BCUT2D eigenvalue weighted by molar-refractivity contribution is 7.91. The van der Waals surface area contributed by atoms with E-state index >= 15 is 0 Å². The van der Waals surface area contributed by atoms with E-state index in [1.807, 2.05) is 6.92 Å². The molecule has 0 aromatic heterocycles. The summed E-state index contributed by atoms with van der Waals surface area (Å²) in [7, 11) is -3.05. The highest BCUT2D eigenvalue weighted by atomic mass is 32.2. The van der Waals surface area contributed by atoms with E-state index in [0.717, 1.165) is 0 Å². The SMILES string of the molecule is CCN(C(=O)CN)C(C)CS(=O)(=O)CC. The third kappa shape index (κ3) is 4.61. The zero-order chi connectivity index (χ0) is 12.1. The molecule has 1 unspecified atom stereocenters. The van der Waals surface area contributed by atoms with Gasteiger partial charge in [-0.3, -0.25) is 4.79 Å². The lowest BCUT2D eigenvalue weighted by atomic mass is 10.3. The van der Waals surface area contributed by atoms with Gasteiger partial charge in [-0.25, -0.2) is 8.42 Å². The lowest BCUT2D eigenvalue weighted by Gasteiger charge is -2.27. The summed E-state index contributed by atoms with van der Waals surface area (Å²) < 4.78 is 22.7. The van der Waals surface area contributed by atoms with E-state index in [1.54, 1.807) is 13.8 Å². The smallest absolute Gasteiger partial charge is 0.236 e. The number of carbonyl (C=O) groups excluding carboxylic acids is 1. The van der Waals surface area contributed by atoms with Gasteiger partial charge >= 0.3 is 0 Å². The Morgan fingerprint density at radius 2 is 1.93 bits per heavy atom. The fraction of sp³-hybridized carbons (Fsp3) is 0.889. The summed E-state index contributed by atoms with van der Waals surface area (Å²) in [4.78, 5) is 12.9. The fourth-order valence-corrected chi connectivity index (χ4v) is 2.58. The zero-order valence-electron chi connectivity index (χ0n) is 9.56. The van der Waals surface area contributed by atoms with Crippen LogP contribution in [0.1, 0.15) is 20.8 Å². The van der Waals surface area contributed by atoms with Gasteiger partial charge in [-0.05, 0) is 13.8 Å². The number of sulfone groups is 1. The molecule has 2 N–H and O–H groups in total. The summed E-state index contributed by atoms with van der Waals surface area (Å²) in [6, 6.07) is -0.309. The van der Waals surface area contributed by atoms with E-state index < -0.39 is 9.84 Å². The minimum absolute atomic E-state index is 0.00306. The molecule has 0 saturated heterocycles. The monoisotopic (exact) mass is 236 g/mol. The molecule has 0 bridgehead atoms. The second-order valence-corrected chi connectivity index (χ2v) is 5.83. The topological polar surface area (TPSA) is 80.5 Å².